The summed E-state index contributed by atoms with van der Waals surface area (Å²) in [7, 11) is -3.27. The molecular weight excluding hydrogens is 414 g/mol. The van der Waals surface area contributed by atoms with Gasteiger partial charge in [0.25, 0.3) is 5.91 Å². The van der Waals surface area contributed by atoms with E-state index in [0.717, 1.165) is 18.8 Å². The Kier molecular flexibility index (Phi) is 6.08. The first kappa shape index (κ1) is 21.1. The summed E-state index contributed by atoms with van der Waals surface area (Å²) in [5.41, 5.74) is 2.09. The first-order valence-electron chi connectivity index (χ1n) is 10.4. The van der Waals surface area contributed by atoms with E-state index in [1.165, 1.54) is 0 Å². The van der Waals surface area contributed by atoms with Crippen LogP contribution in [-0.4, -0.2) is 56.3 Å². The summed E-state index contributed by atoms with van der Waals surface area (Å²) < 4.78 is 29.7. The van der Waals surface area contributed by atoms with Gasteiger partial charge in [-0.25, -0.2) is 8.42 Å². The molecule has 1 aliphatic heterocycles. The highest BCUT2D eigenvalue weighted by atomic mass is 32.2. The summed E-state index contributed by atoms with van der Waals surface area (Å²) in [5, 5.41) is 3.95. The van der Waals surface area contributed by atoms with Crippen LogP contribution in [0.2, 0.25) is 0 Å². The summed E-state index contributed by atoms with van der Waals surface area (Å²) in [4.78, 5) is 17.2. The van der Waals surface area contributed by atoms with Gasteiger partial charge >= 0.3 is 0 Å². The summed E-state index contributed by atoms with van der Waals surface area (Å²) in [6.45, 7) is 4.57. The van der Waals surface area contributed by atoms with Crippen LogP contribution in [0.4, 0.5) is 5.69 Å². The molecule has 1 aromatic heterocycles. The molecule has 0 bridgehead atoms. The number of para-hydroxylation sites is 1. The number of anilines is 1. The minimum Gasteiger partial charge on any atom is -0.368 e. The van der Waals surface area contributed by atoms with Crippen LogP contribution in [0.25, 0.3) is 11.3 Å². The molecule has 8 heteroatoms. The Morgan fingerprint density at radius 2 is 1.68 bits per heavy atom. The molecule has 0 radical (unpaired) electrons. The number of hydrogen-bond donors (Lipinski definition) is 0. The number of rotatable bonds is 6. The van der Waals surface area contributed by atoms with Crippen LogP contribution in [0.5, 0.6) is 0 Å². The molecule has 0 saturated carbocycles. The van der Waals surface area contributed by atoms with Gasteiger partial charge in [0.05, 0.1) is 10.6 Å². The first-order chi connectivity index (χ1) is 15.0. The molecule has 1 aliphatic rings. The Hall–Kier alpha value is -3.13. The molecule has 1 saturated heterocycles. The zero-order chi connectivity index (χ0) is 21.8. The van der Waals surface area contributed by atoms with E-state index in [-0.39, 0.29) is 22.2 Å². The molecule has 162 valence electrons. The van der Waals surface area contributed by atoms with Gasteiger partial charge in [-0.2, -0.15) is 0 Å². The maximum atomic E-state index is 12.9. The Bertz CT molecular complexity index is 1130. The quantitative estimate of drug-likeness (QED) is 0.585. The first-order valence-corrected chi connectivity index (χ1v) is 12.0. The fourth-order valence-electron chi connectivity index (χ4n) is 3.69. The van der Waals surface area contributed by atoms with Crippen molar-refractivity contribution in [2.45, 2.75) is 18.2 Å². The Morgan fingerprint density at radius 1 is 1.00 bits per heavy atom. The SMILES string of the molecule is CCCS(=O)(=O)c1ccc(-c2cc(C(=O)N3CCN(c4ccccc4)CC3)no2)cc1. The Balaban J connectivity index is 1.41. The normalized spacial score (nSPS) is 14.6. The molecular formula is C23H25N3O4S. The van der Waals surface area contributed by atoms with E-state index in [9.17, 15) is 13.2 Å². The third-order valence-electron chi connectivity index (χ3n) is 5.39. The van der Waals surface area contributed by atoms with Gasteiger partial charge in [-0.1, -0.05) is 30.3 Å². The van der Waals surface area contributed by atoms with Crippen LogP contribution in [-0.2, 0) is 9.84 Å². The number of piperazine rings is 1. The second-order valence-electron chi connectivity index (χ2n) is 7.53. The van der Waals surface area contributed by atoms with Gasteiger partial charge < -0.3 is 14.3 Å². The second-order valence-corrected chi connectivity index (χ2v) is 9.64. The predicted octanol–water partition coefficient (Wildman–Crippen LogP) is 3.49. The number of benzene rings is 2. The predicted molar refractivity (Wildman–Crippen MR) is 119 cm³/mol. The third kappa shape index (κ3) is 4.64. The van der Waals surface area contributed by atoms with Gasteiger partial charge in [0.1, 0.15) is 0 Å². The van der Waals surface area contributed by atoms with Crippen molar-refractivity contribution in [2.24, 2.45) is 0 Å². The summed E-state index contributed by atoms with van der Waals surface area (Å²) in [6.07, 6.45) is 0.567. The van der Waals surface area contributed by atoms with E-state index in [4.69, 9.17) is 4.52 Å². The lowest BCUT2D eigenvalue weighted by atomic mass is 10.1. The Labute approximate surface area is 182 Å². The number of nitrogens with zero attached hydrogens (tertiary/aromatic N) is 3. The lowest BCUT2D eigenvalue weighted by molar-refractivity contribution is 0.0736. The highest BCUT2D eigenvalue weighted by molar-refractivity contribution is 7.91. The highest BCUT2D eigenvalue weighted by Gasteiger charge is 2.25. The number of amides is 1. The van der Waals surface area contributed by atoms with Gasteiger partial charge in [0.2, 0.25) is 0 Å². The number of carbonyl (C=O) groups excluding carboxylic acids is 1. The van der Waals surface area contributed by atoms with Crippen LogP contribution in [0.3, 0.4) is 0 Å². The maximum Gasteiger partial charge on any atom is 0.276 e. The van der Waals surface area contributed by atoms with Crippen molar-refractivity contribution in [2.75, 3.05) is 36.8 Å². The molecule has 0 N–H and O–H groups in total. The maximum absolute atomic E-state index is 12.9. The molecule has 4 rings (SSSR count). The molecule has 2 heterocycles. The summed E-state index contributed by atoms with van der Waals surface area (Å²) >= 11 is 0. The van der Waals surface area contributed by atoms with Crippen molar-refractivity contribution in [3.63, 3.8) is 0 Å². The molecule has 31 heavy (non-hydrogen) atoms. The molecule has 1 fully saturated rings. The molecule has 0 spiro atoms. The van der Waals surface area contributed by atoms with Crippen LogP contribution < -0.4 is 4.90 Å². The van der Waals surface area contributed by atoms with E-state index in [1.54, 1.807) is 35.2 Å². The van der Waals surface area contributed by atoms with Crippen molar-refractivity contribution in [3.8, 4) is 11.3 Å². The van der Waals surface area contributed by atoms with Crippen LogP contribution in [0, 0.1) is 0 Å². The van der Waals surface area contributed by atoms with Gasteiger partial charge in [0.15, 0.2) is 21.3 Å². The minimum absolute atomic E-state index is 0.116. The lowest BCUT2D eigenvalue weighted by Crippen LogP contribution is -2.48. The monoisotopic (exact) mass is 439 g/mol. The third-order valence-corrected chi connectivity index (χ3v) is 7.32. The zero-order valence-electron chi connectivity index (χ0n) is 17.4. The minimum atomic E-state index is -3.27. The topological polar surface area (TPSA) is 83.7 Å². The van der Waals surface area contributed by atoms with E-state index in [0.29, 0.717) is 30.8 Å². The van der Waals surface area contributed by atoms with Crippen LogP contribution >= 0.6 is 0 Å². The fraction of sp³-hybridized carbons (Fsp3) is 0.304. The van der Waals surface area contributed by atoms with E-state index in [1.807, 2.05) is 25.1 Å². The molecule has 3 aromatic rings. The largest absolute Gasteiger partial charge is 0.368 e. The van der Waals surface area contributed by atoms with Crippen molar-refractivity contribution in [3.05, 3.63) is 66.4 Å². The van der Waals surface area contributed by atoms with Gasteiger partial charge in [-0.15, -0.1) is 0 Å². The number of carbonyl (C=O) groups is 1. The number of sulfone groups is 1. The van der Waals surface area contributed by atoms with Crippen molar-refractivity contribution in [1.82, 2.24) is 10.1 Å². The van der Waals surface area contributed by atoms with E-state index >= 15 is 0 Å². The molecule has 0 atom stereocenters. The lowest BCUT2D eigenvalue weighted by Gasteiger charge is -2.35. The molecule has 2 aromatic carbocycles. The molecule has 0 unspecified atom stereocenters. The van der Waals surface area contributed by atoms with Gasteiger partial charge in [-0.3, -0.25) is 4.79 Å². The van der Waals surface area contributed by atoms with Crippen LogP contribution in [0.1, 0.15) is 23.8 Å². The summed E-state index contributed by atoms with van der Waals surface area (Å²) in [5.74, 6) is 0.390. The fourth-order valence-corrected chi connectivity index (χ4v) is 5.02. The summed E-state index contributed by atoms with van der Waals surface area (Å²) in [6, 6.07) is 18.2. The van der Waals surface area contributed by atoms with E-state index < -0.39 is 9.84 Å². The highest BCUT2D eigenvalue weighted by Crippen LogP contribution is 2.24. The number of hydrogen-bond acceptors (Lipinski definition) is 6. The van der Waals surface area contributed by atoms with Crippen molar-refractivity contribution < 1.29 is 17.7 Å². The molecule has 7 nitrogen and oxygen atoms in total. The second kappa shape index (κ2) is 8.93. The van der Waals surface area contributed by atoms with Crippen molar-refractivity contribution >= 4 is 21.4 Å². The molecule has 0 aliphatic carbocycles. The average molecular weight is 440 g/mol. The van der Waals surface area contributed by atoms with Gasteiger partial charge in [0, 0.05) is 43.5 Å². The molecule has 1 amide bonds. The standard InChI is InChI=1S/C23H25N3O4S/c1-2-16-31(28,29)20-10-8-18(9-11-20)22-17-21(24-30-22)23(27)26-14-12-25(13-15-26)19-6-4-3-5-7-19/h3-11,17H,2,12-16H2,1H3. The Morgan fingerprint density at radius 3 is 2.32 bits per heavy atom. The smallest absolute Gasteiger partial charge is 0.276 e. The zero-order valence-corrected chi connectivity index (χ0v) is 18.2. The van der Waals surface area contributed by atoms with Gasteiger partial charge in [-0.05, 0) is 42.8 Å². The average Bonchev–Trinajstić information content (AvgIpc) is 3.30. The number of aromatic nitrogens is 1. The van der Waals surface area contributed by atoms with E-state index in [2.05, 4.69) is 22.2 Å². The van der Waals surface area contributed by atoms with Crippen LogP contribution in [0.15, 0.2) is 70.1 Å². The van der Waals surface area contributed by atoms with Crippen molar-refractivity contribution in [1.29, 1.82) is 0 Å².